The largest absolute Gasteiger partial charge is 0.493 e. The number of carbonyl (C=O) groups is 3. The van der Waals surface area contributed by atoms with Crippen LogP contribution >= 0.6 is 15.9 Å². The Labute approximate surface area is 252 Å². The van der Waals surface area contributed by atoms with E-state index in [1.807, 2.05) is 38.1 Å². The number of halogens is 1. The van der Waals surface area contributed by atoms with E-state index in [1.54, 1.807) is 44.6 Å². The molecule has 3 N–H and O–H groups in total. The van der Waals surface area contributed by atoms with Crippen LogP contribution in [0.1, 0.15) is 23.6 Å². The van der Waals surface area contributed by atoms with Crippen molar-refractivity contribution in [3.05, 3.63) is 75.8 Å². The first kappa shape index (κ1) is 31.9. The SMILES string of the molecule is CCOc1cc(/C=N\NC(=O)C(=O)NCCc2ccc(OC)c(OC)c2)ccc1OCC(=O)Nc1ccc(Br)cc1C. The Morgan fingerprint density at radius 2 is 1.64 bits per heavy atom. The zero-order valence-corrected chi connectivity index (χ0v) is 25.4. The lowest BCUT2D eigenvalue weighted by Crippen LogP contribution is -2.38. The highest BCUT2D eigenvalue weighted by atomic mass is 79.9. The summed E-state index contributed by atoms with van der Waals surface area (Å²) in [6.45, 7) is 4.09. The number of ether oxygens (including phenoxy) is 4. The monoisotopic (exact) mass is 640 g/mol. The molecule has 0 bridgehead atoms. The van der Waals surface area contributed by atoms with Gasteiger partial charge in [-0.05, 0) is 85.5 Å². The van der Waals surface area contributed by atoms with Crippen LogP contribution in [-0.4, -0.2) is 57.9 Å². The lowest BCUT2D eigenvalue weighted by molar-refractivity contribution is -0.139. The quantitative estimate of drug-likeness (QED) is 0.146. The minimum absolute atomic E-state index is 0.222. The van der Waals surface area contributed by atoms with Crippen molar-refractivity contribution in [3.8, 4) is 23.0 Å². The molecule has 0 saturated heterocycles. The normalized spacial score (nSPS) is 10.6. The van der Waals surface area contributed by atoms with Crippen LogP contribution in [-0.2, 0) is 20.8 Å². The summed E-state index contributed by atoms with van der Waals surface area (Å²) in [4.78, 5) is 36.7. The van der Waals surface area contributed by atoms with E-state index < -0.39 is 11.8 Å². The van der Waals surface area contributed by atoms with Gasteiger partial charge in [0, 0.05) is 16.7 Å². The summed E-state index contributed by atoms with van der Waals surface area (Å²) in [5.41, 5.74) is 5.29. The number of hydrogen-bond acceptors (Lipinski definition) is 8. The molecule has 0 aliphatic heterocycles. The van der Waals surface area contributed by atoms with E-state index in [4.69, 9.17) is 18.9 Å². The highest BCUT2D eigenvalue weighted by Gasteiger charge is 2.13. The molecule has 0 unspecified atom stereocenters. The van der Waals surface area contributed by atoms with Gasteiger partial charge >= 0.3 is 11.8 Å². The summed E-state index contributed by atoms with van der Waals surface area (Å²) in [5.74, 6) is -0.0921. The van der Waals surface area contributed by atoms with Crippen molar-refractivity contribution >= 4 is 45.6 Å². The topological polar surface area (TPSA) is 137 Å². The van der Waals surface area contributed by atoms with Crippen LogP contribution in [0.3, 0.4) is 0 Å². The molecule has 222 valence electrons. The van der Waals surface area contributed by atoms with Crippen LogP contribution in [0.15, 0.2) is 64.2 Å². The molecule has 11 nitrogen and oxygen atoms in total. The molecule has 0 atom stereocenters. The highest BCUT2D eigenvalue weighted by molar-refractivity contribution is 9.10. The Hall–Kier alpha value is -4.58. The number of amides is 3. The minimum Gasteiger partial charge on any atom is -0.493 e. The summed E-state index contributed by atoms with van der Waals surface area (Å²) in [6.07, 6.45) is 1.85. The molecule has 0 saturated carbocycles. The molecule has 3 amide bonds. The Morgan fingerprint density at radius 1 is 0.881 bits per heavy atom. The molecular weight excluding hydrogens is 608 g/mol. The second-order valence-electron chi connectivity index (χ2n) is 8.83. The predicted octanol–water partition coefficient (Wildman–Crippen LogP) is 4.00. The van der Waals surface area contributed by atoms with Gasteiger partial charge in [0.1, 0.15) is 0 Å². The summed E-state index contributed by atoms with van der Waals surface area (Å²) in [7, 11) is 3.10. The fourth-order valence-corrected chi connectivity index (χ4v) is 4.22. The zero-order valence-electron chi connectivity index (χ0n) is 23.8. The number of nitrogens with zero attached hydrogens (tertiary/aromatic N) is 1. The van der Waals surface area contributed by atoms with Gasteiger partial charge in [-0.2, -0.15) is 5.10 Å². The fraction of sp³-hybridized carbons (Fsp3) is 0.267. The number of benzene rings is 3. The fourth-order valence-electron chi connectivity index (χ4n) is 3.74. The number of carbonyl (C=O) groups excluding carboxylic acids is 3. The van der Waals surface area contributed by atoms with E-state index in [9.17, 15) is 14.4 Å². The lowest BCUT2D eigenvalue weighted by Gasteiger charge is -2.13. The van der Waals surface area contributed by atoms with Crippen LogP contribution < -0.4 is 35.0 Å². The average Bonchev–Trinajstić information content (AvgIpc) is 2.98. The van der Waals surface area contributed by atoms with Crippen molar-refractivity contribution in [3.63, 3.8) is 0 Å². The van der Waals surface area contributed by atoms with Gasteiger partial charge in [0.15, 0.2) is 29.6 Å². The number of aryl methyl sites for hydroxylation is 1. The molecule has 3 aromatic rings. The predicted molar refractivity (Wildman–Crippen MR) is 163 cm³/mol. The number of methoxy groups -OCH3 is 2. The van der Waals surface area contributed by atoms with E-state index in [-0.39, 0.29) is 19.1 Å². The number of hydrazone groups is 1. The minimum atomic E-state index is -0.907. The molecule has 42 heavy (non-hydrogen) atoms. The molecule has 12 heteroatoms. The second kappa shape index (κ2) is 16.0. The van der Waals surface area contributed by atoms with Gasteiger partial charge in [-0.15, -0.1) is 0 Å². The van der Waals surface area contributed by atoms with Crippen molar-refractivity contribution in [2.24, 2.45) is 5.10 Å². The van der Waals surface area contributed by atoms with Crippen LogP contribution in [0.25, 0.3) is 0 Å². The number of nitrogens with one attached hydrogen (secondary N) is 3. The third kappa shape index (κ3) is 9.51. The van der Waals surface area contributed by atoms with E-state index in [1.165, 1.54) is 6.21 Å². The van der Waals surface area contributed by atoms with Crippen molar-refractivity contribution in [2.75, 3.05) is 39.3 Å². The molecule has 3 rings (SSSR count). The standard InChI is InChI=1S/C30H33BrN4O7/c1-5-41-27-16-21(7-11-25(27)42-18-28(36)34-23-9-8-22(31)14-19(23)2)17-33-35-30(38)29(37)32-13-12-20-6-10-24(39-3)26(15-20)40-4/h6-11,14-17H,5,12-13,18H2,1-4H3,(H,32,37)(H,34,36)(H,35,38)/b33-17-. The van der Waals surface area contributed by atoms with E-state index in [0.29, 0.717) is 47.3 Å². The Morgan fingerprint density at radius 3 is 2.36 bits per heavy atom. The summed E-state index contributed by atoms with van der Waals surface area (Å²) in [6, 6.07) is 15.9. The van der Waals surface area contributed by atoms with Crippen LogP contribution in [0.4, 0.5) is 5.69 Å². The van der Waals surface area contributed by atoms with E-state index >= 15 is 0 Å². The van der Waals surface area contributed by atoms with Crippen molar-refractivity contribution in [2.45, 2.75) is 20.3 Å². The maximum atomic E-state index is 12.4. The van der Waals surface area contributed by atoms with Gasteiger partial charge in [0.25, 0.3) is 5.91 Å². The maximum absolute atomic E-state index is 12.4. The summed E-state index contributed by atoms with van der Waals surface area (Å²) in [5, 5.41) is 9.23. The lowest BCUT2D eigenvalue weighted by atomic mass is 10.1. The smallest absolute Gasteiger partial charge is 0.329 e. The molecule has 0 heterocycles. The van der Waals surface area contributed by atoms with E-state index in [0.717, 1.165) is 15.6 Å². The van der Waals surface area contributed by atoms with Gasteiger partial charge in [0.2, 0.25) is 0 Å². The molecule has 0 fully saturated rings. The maximum Gasteiger partial charge on any atom is 0.329 e. The molecule has 3 aromatic carbocycles. The van der Waals surface area contributed by atoms with Crippen LogP contribution in [0.5, 0.6) is 23.0 Å². The van der Waals surface area contributed by atoms with E-state index in [2.05, 4.69) is 37.1 Å². The molecule has 0 spiro atoms. The first-order valence-electron chi connectivity index (χ1n) is 13.0. The number of hydrogen-bond donors (Lipinski definition) is 3. The third-order valence-electron chi connectivity index (χ3n) is 5.82. The first-order chi connectivity index (χ1) is 20.2. The van der Waals surface area contributed by atoms with Gasteiger partial charge in [-0.1, -0.05) is 22.0 Å². The molecular formula is C30H33BrN4O7. The number of rotatable bonds is 13. The Bertz CT molecular complexity index is 1450. The summed E-state index contributed by atoms with van der Waals surface area (Å²) < 4.78 is 22.7. The molecule has 0 aliphatic carbocycles. The van der Waals surface area contributed by atoms with Crippen LogP contribution in [0, 0.1) is 6.92 Å². The average molecular weight is 642 g/mol. The van der Waals surface area contributed by atoms with Crippen molar-refractivity contribution in [1.82, 2.24) is 10.7 Å². The highest BCUT2D eigenvalue weighted by Crippen LogP contribution is 2.29. The third-order valence-corrected chi connectivity index (χ3v) is 6.32. The number of anilines is 1. The van der Waals surface area contributed by atoms with Gasteiger partial charge in [-0.3, -0.25) is 14.4 Å². The van der Waals surface area contributed by atoms with Crippen molar-refractivity contribution < 1.29 is 33.3 Å². The molecule has 0 aromatic heterocycles. The first-order valence-corrected chi connectivity index (χ1v) is 13.8. The van der Waals surface area contributed by atoms with Gasteiger partial charge in [-0.25, -0.2) is 5.43 Å². The van der Waals surface area contributed by atoms with Gasteiger partial charge < -0.3 is 29.6 Å². The second-order valence-corrected chi connectivity index (χ2v) is 9.75. The molecule has 0 aliphatic rings. The van der Waals surface area contributed by atoms with Crippen molar-refractivity contribution in [1.29, 1.82) is 0 Å². The molecule has 0 radical (unpaired) electrons. The van der Waals surface area contributed by atoms with Gasteiger partial charge in [0.05, 0.1) is 27.0 Å². The Balaban J connectivity index is 1.49. The summed E-state index contributed by atoms with van der Waals surface area (Å²) >= 11 is 3.40. The zero-order chi connectivity index (χ0) is 30.5. The van der Waals surface area contributed by atoms with Crippen LogP contribution in [0.2, 0.25) is 0 Å². The Kier molecular flexibility index (Phi) is 12.2.